The van der Waals surface area contributed by atoms with Crippen molar-refractivity contribution < 1.29 is 5.11 Å². The van der Waals surface area contributed by atoms with Crippen LogP contribution < -0.4 is 5.49 Å². The lowest BCUT2D eigenvalue weighted by Crippen LogP contribution is -2.32. The van der Waals surface area contributed by atoms with Gasteiger partial charge in [-0.15, -0.1) is 0 Å². The Morgan fingerprint density at radius 2 is 1.45 bits per heavy atom. The average molecular weight is 503 g/mol. The Morgan fingerprint density at radius 3 is 2.13 bits per heavy atom. The zero-order valence-electron chi connectivity index (χ0n) is 21.6. The highest BCUT2D eigenvalue weighted by Crippen LogP contribution is 2.39. The largest absolute Gasteiger partial charge is 0.393 e. The van der Waals surface area contributed by atoms with Crippen LogP contribution in [0.15, 0.2) is 97.3 Å². The van der Waals surface area contributed by atoms with Crippen LogP contribution in [0.25, 0.3) is 33.4 Å². The van der Waals surface area contributed by atoms with E-state index in [1.54, 1.807) is 0 Å². The molecule has 0 unspecified atom stereocenters. The SMILES string of the molecule is N=c1c2c(-c3ccccc3)c(-c3ccccc3)n(CCc3ccccc3)c2ncn1C[C@H]1CCCC[C@@H]1O. The Kier molecular flexibility index (Phi) is 6.93. The minimum Gasteiger partial charge on any atom is -0.393 e. The summed E-state index contributed by atoms with van der Waals surface area (Å²) in [5.41, 5.74) is 6.92. The predicted octanol–water partition coefficient (Wildman–Crippen LogP) is 6.45. The minimum absolute atomic E-state index is 0.158. The van der Waals surface area contributed by atoms with Crippen LogP contribution in [0.2, 0.25) is 0 Å². The van der Waals surface area contributed by atoms with Gasteiger partial charge in [-0.05, 0) is 36.0 Å². The number of benzene rings is 3. The molecule has 0 amide bonds. The van der Waals surface area contributed by atoms with Crippen molar-refractivity contribution in [1.29, 1.82) is 5.41 Å². The minimum atomic E-state index is -0.310. The second kappa shape index (κ2) is 10.8. The van der Waals surface area contributed by atoms with Crippen molar-refractivity contribution in [1.82, 2.24) is 14.1 Å². The summed E-state index contributed by atoms with van der Waals surface area (Å²) < 4.78 is 4.25. The number of aromatic nitrogens is 3. The first kappa shape index (κ1) is 24.4. The maximum absolute atomic E-state index is 10.6. The van der Waals surface area contributed by atoms with Crippen molar-refractivity contribution in [3.8, 4) is 22.4 Å². The van der Waals surface area contributed by atoms with Gasteiger partial charge in [-0.2, -0.15) is 0 Å². The van der Waals surface area contributed by atoms with Gasteiger partial charge in [0.2, 0.25) is 0 Å². The summed E-state index contributed by atoms with van der Waals surface area (Å²) >= 11 is 0. The summed E-state index contributed by atoms with van der Waals surface area (Å²) in [6, 6.07) is 31.4. The number of nitrogens with one attached hydrogen (secondary N) is 1. The molecule has 38 heavy (non-hydrogen) atoms. The summed E-state index contributed by atoms with van der Waals surface area (Å²) in [4.78, 5) is 5.00. The van der Waals surface area contributed by atoms with Gasteiger partial charge in [-0.1, -0.05) is 104 Å². The van der Waals surface area contributed by atoms with Crippen molar-refractivity contribution in [2.75, 3.05) is 0 Å². The molecule has 6 rings (SSSR count). The molecular formula is C33H34N4O. The Bertz CT molecular complexity index is 1570. The van der Waals surface area contributed by atoms with Gasteiger partial charge in [0.15, 0.2) is 0 Å². The van der Waals surface area contributed by atoms with Crippen LogP contribution in [0, 0.1) is 11.3 Å². The maximum Gasteiger partial charge on any atom is 0.146 e. The van der Waals surface area contributed by atoms with Crippen molar-refractivity contribution in [3.63, 3.8) is 0 Å². The van der Waals surface area contributed by atoms with Crippen molar-refractivity contribution in [3.05, 3.63) is 108 Å². The molecule has 5 nitrogen and oxygen atoms in total. The first-order valence-corrected chi connectivity index (χ1v) is 13.7. The summed E-state index contributed by atoms with van der Waals surface area (Å²) in [7, 11) is 0. The van der Waals surface area contributed by atoms with Crippen molar-refractivity contribution in [2.45, 2.75) is 51.3 Å². The fraction of sp³-hybridized carbons (Fsp3) is 0.273. The Balaban J connectivity index is 1.57. The van der Waals surface area contributed by atoms with Gasteiger partial charge >= 0.3 is 0 Å². The third-order valence-electron chi connectivity index (χ3n) is 7.96. The van der Waals surface area contributed by atoms with E-state index in [0.29, 0.717) is 12.0 Å². The summed E-state index contributed by atoms with van der Waals surface area (Å²) in [6.45, 7) is 1.38. The van der Waals surface area contributed by atoms with Crippen LogP contribution in [0.1, 0.15) is 31.2 Å². The number of aliphatic hydroxyl groups is 1. The van der Waals surface area contributed by atoms with Crippen LogP contribution >= 0.6 is 0 Å². The molecule has 2 aromatic heterocycles. The van der Waals surface area contributed by atoms with Gasteiger partial charge in [0, 0.05) is 24.6 Å². The van der Waals surface area contributed by atoms with Crippen LogP contribution in [-0.2, 0) is 19.5 Å². The van der Waals surface area contributed by atoms with E-state index in [2.05, 4.69) is 77.4 Å². The molecule has 0 spiro atoms. The number of aliphatic hydroxyl groups excluding tert-OH is 1. The van der Waals surface area contributed by atoms with E-state index in [-0.39, 0.29) is 12.0 Å². The fourth-order valence-corrected chi connectivity index (χ4v) is 5.97. The van der Waals surface area contributed by atoms with E-state index in [0.717, 1.165) is 72.1 Å². The normalized spacial score (nSPS) is 17.6. The van der Waals surface area contributed by atoms with Gasteiger partial charge in [0.1, 0.15) is 11.1 Å². The lowest BCUT2D eigenvalue weighted by atomic mass is 9.86. The molecule has 0 bridgehead atoms. The topological polar surface area (TPSA) is 66.8 Å². The number of nitrogens with zero attached hydrogens (tertiary/aromatic N) is 3. The second-order valence-electron chi connectivity index (χ2n) is 10.4. The molecule has 5 heteroatoms. The molecule has 2 heterocycles. The van der Waals surface area contributed by atoms with Gasteiger partial charge in [0.25, 0.3) is 0 Å². The van der Waals surface area contributed by atoms with E-state index in [1.165, 1.54) is 5.56 Å². The average Bonchev–Trinajstić information content (AvgIpc) is 3.31. The number of hydrogen-bond acceptors (Lipinski definition) is 3. The summed E-state index contributed by atoms with van der Waals surface area (Å²) in [6.07, 6.45) is 6.42. The van der Waals surface area contributed by atoms with Crippen LogP contribution in [0.5, 0.6) is 0 Å². The molecule has 3 aromatic carbocycles. The van der Waals surface area contributed by atoms with Crippen LogP contribution in [0.3, 0.4) is 0 Å². The van der Waals surface area contributed by atoms with Gasteiger partial charge < -0.3 is 14.2 Å². The molecule has 2 atom stereocenters. The molecular weight excluding hydrogens is 468 g/mol. The number of fused-ring (bicyclic) bond motifs is 1. The van der Waals surface area contributed by atoms with Crippen molar-refractivity contribution >= 4 is 11.0 Å². The molecule has 5 aromatic rings. The van der Waals surface area contributed by atoms with Crippen molar-refractivity contribution in [2.24, 2.45) is 5.92 Å². The van der Waals surface area contributed by atoms with Gasteiger partial charge in [-0.3, -0.25) is 5.41 Å². The Labute approximate surface area is 223 Å². The van der Waals surface area contributed by atoms with Crippen LogP contribution in [0.4, 0.5) is 0 Å². The standard InChI is InChI=1S/C33H34N4O/c34-32-30-29(25-14-6-2-7-15-25)31(26-16-8-3-9-17-26)37(21-20-24-12-4-1-5-13-24)33(30)35-23-36(32)22-27-18-10-11-19-28(27)38/h1-9,12-17,23,27-28,34,38H,10-11,18-22H2/t27-,28+/m1/s1. The maximum atomic E-state index is 10.6. The Morgan fingerprint density at radius 1 is 0.816 bits per heavy atom. The lowest BCUT2D eigenvalue weighted by molar-refractivity contribution is 0.0598. The molecule has 1 aliphatic carbocycles. The molecule has 0 saturated heterocycles. The highest BCUT2D eigenvalue weighted by molar-refractivity contribution is 6.02. The summed E-state index contributed by atoms with van der Waals surface area (Å²) in [5, 5.41) is 20.9. The molecule has 192 valence electrons. The predicted molar refractivity (Wildman–Crippen MR) is 153 cm³/mol. The lowest BCUT2D eigenvalue weighted by Gasteiger charge is -2.28. The molecule has 1 fully saturated rings. The monoisotopic (exact) mass is 502 g/mol. The van der Waals surface area contributed by atoms with E-state index in [4.69, 9.17) is 4.98 Å². The van der Waals surface area contributed by atoms with E-state index in [1.807, 2.05) is 29.1 Å². The number of hydrogen-bond donors (Lipinski definition) is 2. The van der Waals surface area contributed by atoms with Crippen LogP contribution in [-0.4, -0.2) is 25.3 Å². The molecule has 1 aliphatic rings. The highest BCUT2D eigenvalue weighted by Gasteiger charge is 2.26. The Hall–Kier alpha value is -3.96. The third kappa shape index (κ3) is 4.70. The first-order chi connectivity index (χ1) is 18.7. The van der Waals surface area contributed by atoms with Gasteiger partial charge in [0.05, 0.1) is 23.5 Å². The summed E-state index contributed by atoms with van der Waals surface area (Å²) in [5.74, 6) is 0.158. The molecule has 1 saturated carbocycles. The number of aryl methyl sites for hydroxylation is 2. The second-order valence-corrected chi connectivity index (χ2v) is 10.4. The van der Waals surface area contributed by atoms with E-state index in [9.17, 15) is 10.5 Å². The molecule has 0 aliphatic heterocycles. The zero-order chi connectivity index (χ0) is 25.9. The van der Waals surface area contributed by atoms with Gasteiger partial charge in [-0.25, -0.2) is 4.98 Å². The number of rotatable bonds is 7. The molecule has 2 N–H and O–H groups in total. The quantitative estimate of drug-likeness (QED) is 0.269. The third-order valence-corrected chi connectivity index (χ3v) is 7.96. The zero-order valence-corrected chi connectivity index (χ0v) is 21.6. The highest BCUT2D eigenvalue weighted by atomic mass is 16.3. The fourth-order valence-electron chi connectivity index (χ4n) is 5.97. The first-order valence-electron chi connectivity index (χ1n) is 13.7. The van der Waals surface area contributed by atoms with E-state index >= 15 is 0 Å². The van der Waals surface area contributed by atoms with E-state index < -0.39 is 0 Å². The molecule has 0 radical (unpaired) electrons. The smallest absolute Gasteiger partial charge is 0.146 e.